The molecule has 0 unspecified atom stereocenters. The van der Waals surface area contributed by atoms with Crippen molar-refractivity contribution in [2.45, 2.75) is 11.8 Å². The van der Waals surface area contributed by atoms with Crippen LogP contribution in [0.5, 0.6) is 0 Å². The summed E-state index contributed by atoms with van der Waals surface area (Å²) in [5.74, 6) is -0.832. The molecule has 2 N–H and O–H groups in total. The van der Waals surface area contributed by atoms with Crippen LogP contribution in [0, 0.1) is 12.7 Å². The van der Waals surface area contributed by atoms with E-state index < -0.39 is 21.7 Å². The molecule has 1 aromatic heterocycles. The predicted octanol–water partition coefficient (Wildman–Crippen LogP) is 3.55. The van der Waals surface area contributed by atoms with Gasteiger partial charge in [-0.1, -0.05) is 18.2 Å². The van der Waals surface area contributed by atoms with Crippen LogP contribution in [-0.2, 0) is 10.0 Å². The largest absolute Gasteiger partial charge is 0.451 e. The number of halogens is 1. The van der Waals surface area contributed by atoms with Crippen molar-refractivity contribution in [3.63, 3.8) is 0 Å². The monoisotopic (exact) mass is 388 g/mol. The second-order valence-electron chi connectivity index (χ2n) is 5.79. The molecule has 0 atom stereocenters. The van der Waals surface area contributed by atoms with Gasteiger partial charge < -0.3 is 9.73 Å². The third-order valence-corrected chi connectivity index (χ3v) is 5.53. The van der Waals surface area contributed by atoms with Crippen LogP contribution < -0.4 is 10.0 Å². The lowest BCUT2D eigenvalue weighted by Crippen LogP contribution is -2.20. The molecule has 0 bridgehead atoms. The lowest BCUT2D eigenvalue weighted by Gasteiger charge is -2.09. The van der Waals surface area contributed by atoms with Crippen LogP contribution in [0.1, 0.15) is 16.1 Å². The number of rotatable bonds is 5. The Kier molecular flexibility index (Phi) is 5.11. The topological polar surface area (TPSA) is 88.4 Å². The van der Waals surface area contributed by atoms with E-state index in [1.807, 2.05) is 0 Å². The molecular weight excluding hydrogens is 371 g/mol. The van der Waals surface area contributed by atoms with E-state index in [2.05, 4.69) is 10.0 Å². The van der Waals surface area contributed by atoms with Crippen molar-refractivity contribution in [1.29, 1.82) is 0 Å². The van der Waals surface area contributed by atoms with Gasteiger partial charge in [-0.15, -0.1) is 0 Å². The number of benzene rings is 2. The summed E-state index contributed by atoms with van der Waals surface area (Å²) in [6.45, 7) is 1.66. The molecule has 0 saturated heterocycles. The fourth-order valence-electron chi connectivity index (χ4n) is 2.54. The Hall–Kier alpha value is -2.97. The molecule has 0 fully saturated rings. The van der Waals surface area contributed by atoms with Crippen LogP contribution in [0.25, 0.3) is 11.3 Å². The van der Waals surface area contributed by atoms with E-state index in [-0.39, 0.29) is 22.0 Å². The fraction of sp³-hybridized carbons (Fsp3) is 0.105. The van der Waals surface area contributed by atoms with Gasteiger partial charge in [0, 0.05) is 5.69 Å². The number of anilines is 1. The summed E-state index contributed by atoms with van der Waals surface area (Å²) < 4.78 is 45.6. The summed E-state index contributed by atoms with van der Waals surface area (Å²) in [4.78, 5) is 12.5. The molecule has 0 aliphatic rings. The zero-order valence-corrected chi connectivity index (χ0v) is 15.4. The van der Waals surface area contributed by atoms with Gasteiger partial charge in [-0.25, -0.2) is 17.5 Å². The van der Waals surface area contributed by atoms with E-state index in [1.165, 1.54) is 31.3 Å². The molecule has 0 aliphatic heterocycles. The molecule has 0 spiro atoms. The quantitative estimate of drug-likeness (QED) is 0.700. The first kappa shape index (κ1) is 18.8. The first-order valence-electron chi connectivity index (χ1n) is 8.02. The number of hydrogen-bond acceptors (Lipinski definition) is 4. The molecule has 3 rings (SSSR count). The second-order valence-corrected chi connectivity index (χ2v) is 7.64. The van der Waals surface area contributed by atoms with Crippen molar-refractivity contribution in [1.82, 2.24) is 4.72 Å². The van der Waals surface area contributed by atoms with Crippen LogP contribution in [0.2, 0.25) is 0 Å². The Balaban J connectivity index is 1.85. The van der Waals surface area contributed by atoms with Gasteiger partial charge in [0.15, 0.2) is 5.76 Å². The van der Waals surface area contributed by atoms with E-state index in [1.54, 1.807) is 37.3 Å². The van der Waals surface area contributed by atoms with Crippen LogP contribution in [-0.4, -0.2) is 21.4 Å². The number of carbonyl (C=O) groups is 1. The number of hydrogen-bond donors (Lipinski definition) is 2. The van der Waals surface area contributed by atoms with Crippen LogP contribution in [0.4, 0.5) is 10.1 Å². The summed E-state index contributed by atoms with van der Waals surface area (Å²) >= 11 is 0. The van der Waals surface area contributed by atoms with Crippen LogP contribution in [0.15, 0.2) is 63.9 Å². The minimum Gasteiger partial charge on any atom is -0.451 e. The van der Waals surface area contributed by atoms with Crippen molar-refractivity contribution >= 4 is 21.6 Å². The Morgan fingerprint density at radius 3 is 2.52 bits per heavy atom. The summed E-state index contributed by atoms with van der Waals surface area (Å²) in [6.07, 6.45) is 0. The van der Waals surface area contributed by atoms with Gasteiger partial charge in [0.05, 0.1) is 10.5 Å². The molecule has 6 nitrogen and oxygen atoms in total. The van der Waals surface area contributed by atoms with Gasteiger partial charge in [0.25, 0.3) is 5.91 Å². The lowest BCUT2D eigenvalue weighted by molar-refractivity contribution is 0.0997. The molecule has 0 aliphatic carbocycles. The van der Waals surface area contributed by atoms with E-state index in [0.29, 0.717) is 11.3 Å². The Morgan fingerprint density at radius 1 is 1.07 bits per heavy atom. The molecule has 3 aromatic rings. The summed E-state index contributed by atoms with van der Waals surface area (Å²) in [5.41, 5.74) is 1.08. The minimum absolute atomic E-state index is 0.0214. The summed E-state index contributed by atoms with van der Waals surface area (Å²) in [5, 5.41) is 2.58. The van der Waals surface area contributed by atoms with Crippen molar-refractivity contribution < 1.29 is 22.0 Å². The van der Waals surface area contributed by atoms with Crippen molar-refractivity contribution in [3.05, 3.63) is 71.7 Å². The molecular formula is C19H17FN2O4S. The molecule has 27 heavy (non-hydrogen) atoms. The smallest absolute Gasteiger partial charge is 0.291 e. The standard InChI is InChI=1S/C19H17FN2O4S/c1-12-7-8-13(11-18(12)27(24,25)21-2)22-19(23)17-10-9-16(26-17)14-5-3-4-6-15(14)20/h3-11,21H,1-2H3,(H,22,23). The predicted molar refractivity (Wildman–Crippen MR) is 99.5 cm³/mol. The highest BCUT2D eigenvalue weighted by atomic mass is 32.2. The molecule has 0 saturated carbocycles. The van der Waals surface area contributed by atoms with Crippen LogP contribution >= 0.6 is 0 Å². The third kappa shape index (κ3) is 3.91. The van der Waals surface area contributed by atoms with Gasteiger partial charge in [-0.05, 0) is 55.9 Å². The number of aryl methyl sites for hydroxylation is 1. The highest BCUT2D eigenvalue weighted by Crippen LogP contribution is 2.26. The molecule has 140 valence electrons. The average Bonchev–Trinajstić information content (AvgIpc) is 3.13. The van der Waals surface area contributed by atoms with Gasteiger partial charge in [0.2, 0.25) is 10.0 Å². The Bertz CT molecular complexity index is 1110. The Morgan fingerprint density at radius 2 is 1.81 bits per heavy atom. The number of nitrogens with one attached hydrogen (secondary N) is 2. The molecule has 1 heterocycles. The number of sulfonamides is 1. The molecule has 1 amide bonds. The first-order chi connectivity index (χ1) is 12.8. The van der Waals surface area contributed by atoms with Crippen molar-refractivity contribution in [2.24, 2.45) is 0 Å². The van der Waals surface area contributed by atoms with E-state index in [0.717, 1.165) is 0 Å². The van der Waals surface area contributed by atoms with E-state index >= 15 is 0 Å². The third-order valence-electron chi connectivity index (χ3n) is 3.97. The molecule has 2 aromatic carbocycles. The van der Waals surface area contributed by atoms with Gasteiger partial charge >= 0.3 is 0 Å². The van der Waals surface area contributed by atoms with Gasteiger partial charge in [-0.2, -0.15) is 0 Å². The normalized spacial score (nSPS) is 11.4. The zero-order chi connectivity index (χ0) is 19.6. The average molecular weight is 388 g/mol. The molecule has 0 radical (unpaired) electrons. The van der Waals surface area contributed by atoms with Crippen LogP contribution in [0.3, 0.4) is 0 Å². The second kappa shape index (κ2) is 7.34. The van der Waals surface area contributed by atoms with Crippen molar-refractivity contribution in [3.8, 4) is 11.3 Å². The van der Waals surface area contributed by atoms with E-state index in [4.69, 9.17) is 4.42 Å². The fourth-order valence-corrected chi connectivity index (χ4v) is 3.53. The van der Waals surface area contributed by atoms with Gasteiger partial charge in [-0.3, -0.25) is 4.79 Å². The summed E-state index contributed by atoms with van der Waals surface area (Å²) in [6, 6.07) is 13.5. The summed E-state index contributed by atoms with van der Waals surface area (Å²) in [7, 11) is -2.34. The highest BCUT2D eigenvalue weighted by molar-refractivity contribution is 7.89. The Labute approximate surface area is 156 Å². The number of amides is 1. The highest BCUT2D eigenvalue weighted by Gasteiger charge is 2.18. The SMILES string of the molecule is CNS(=O)(=O)c1cc(NC(=O)c2ccc(-c3ccccc3F)o2)ccc1C. The first-order valence-corrected chi connectivity index (χ1v) is 9.50. The van der Waals surface area contributed by atoms with E-state index in [9.17, 15) is 17.6 Å². The zero-order valence-electron chi connectivity index (χ0n) is 14.6. The maximum Gasteiger partial charge on any atom is 0.291 e. The number of carbonyl (C=O) groups excluding carboxylic acids is 1. The maximum absolute atomic E-state index is 13.8. The molecule has 8 heteroatoms. The minimum atomic E-state index is -3.65. The maximum atomic E-state index is 13.8. The lowest BCUT2D eigenvalue weighted by atomic mass is 10.1. The number of furan rings is 1. The van der Waals surface area contributed by atoms with Gasteiger partial charge in [0.1, 0.15) is 11.6 Å². The van der Waals surface area contributed by atoms with Crippen molar-refractivity contribution in [2.75, 3.05) is 12.4 Å².